The van der Waals surface area contributed by atoms with E-state index in [1.807, 2.05) is 54.6 Å². The van der Waals surface area contributed by atoms with Crippen molar-refractivity contribution in [2.75, 3.05) is 7.11 Å². The van der Waals surface area contributed by atoms with Gasteiger partial charge in [0.1, 0.15) is 5.75 Å². The van der Waals surface area contributed by atoms with Crippen LogP contribution in [0.3, 0.4) is 0 Å². The first-order chi connectivity index (χ1) is 9.38. The van der Waals surface area contributed by atoms with E-state index in [0.29, 0.717) is 0 Å². The van der Waals surface area contributed by atoms with Gasteiger partial charge in [-0.1, -0.05) is 36.4 Å². The normalized spacial score (nSPS) is 11.2. The van der Waals surface area contributed by atoms with Crippen LogP contribution in [0, 0.1) is 0 Å². The summed E-state index contributed by atoms with van der Waals surface area (Å²) in [5.41, 5.74) is 3.01. The number of para-hydroxylation sites is 2. The smallest absolute Gasteiger partial charge is 0.126 e. The van der Waals surface area contributed by atoms with E-state index in [1.54, 1.807) is 7.11 Å². The lowest BCUT2D eigenvalue weighted by molar-refractivity contribution is 0.414. The van der Waals surface area contributed by atoms with Crippen LogP contribution >= 0.6 is 0 Å². The van der Waals surface area contributed by atoms with Crippen molar-refractivity contribution in [3.63, 3.8) is 0 Å². The first-order valence-corrected chi connectivity index (χ1v) is 6.12. The fourth-order valence-electron chi connectivity index (χ4n) is 2.08. The molecule has 0 aliphatic carbocycles. The van der Waals surface area contributed by atoms with E-state index in [-0.39, 0.29) is 0 Å². The Morgan fingerprint density at radius 2 is 1.79 bits per heavy atom. The number of aromatic amines is 1. The molecule has 0 spiro atoms. The number of benzene rings is 2. The maximum absolute atomic E-state index is 5.32. The predicted molar refractivity (Wildman–Crippen MR) is 78.0 cm³/mol. The van der Waals surface area contributed by atoms with Gasteiger partial charge in [0.15, 0.2) is 0 Å². The number of hydrogen-bond acceptors (Lipinski definition) is 2. The number of ether oxygens (including phenoxy) is 1. The summed E-state index contributed by atoms with van der Waals surface area (Å²) in [6.07, 6.45) is 4.01. The molecule has 94 valence electrons. The van der Waals surface area contributed by atoms with Crippen LogP contribution in [0.2, 0.25) is 0 Å². The summed E-state index contributed by atoms with van der Waals surface area (Å²) in [5.74, 6) is 0.860. The fourth-order valence-corrected chi connectivity index (χ4v) is 2.08. The fraction of sp³-hybridized carbons (Fsp3) is 0.0625. The Morgan fingerprint density at radius 1 is 1.00 bits per heavy atom. The molecule has 1 heterocycles. The van der Waals surface area contributed by atoms with Gasteiger partial charge >= 0.3 is 0 Å². The minimum Gasteiger partial charge on any atom is -0.496 e. The van der Waals surface area contributed by atoms with E-state index in [0.717, 1.165) is 27.9 Å². The van der Waals surface area contributed by atoms with Gasteiger partial charge in [0, 0.05) is 10.9 Å². The molecule has 0 saturated carbocycles. The Morgan fingerprint density at radius 3 is 2.68 bits per heavy atom. The SMILES string of the molecule is COc1ccccc1/C=C/c1n[nH]c2ccccc12. The zero-order valence-corrected chi connectivity index (χ0v) is 10.6. The van der Waals surface area contributed by atoms with Gasteiger partial charge in [0.2, 0.25) is 0 Å². The van der Waals surface area contributed by atoms with Crippen molar-refractivity contribution >= 4 is 23.1 Å². The summed E-state index contributed by atoms with van der Waals surface area (Å²) in [5, 5.41) is 8.45. The summed E-state index contributed by atoms with van der Waals surface area (Å²) < 4.78 is 5.32. The van der Waals surface area contributed by atoms with Crippen LogP contribution in [0.4, 0.5) is 0 Å². The molecular formula is C16H14N2O. The molecule has 0 fully saturated rings. The lowest BCUT2D eigenvalue weighted by Crippen LogP contribution is -1.85. The Bertz CT molecular complexity index is 728. The van der Waals surface area contributed by atoms with Crippen LogP contribution in [-0.2, 0) is 0 Å². The molecule has 0 aliphatic heterocycles. The maximum atomic E-state index is 5.32. The van der Waals surface area contributed by atoms with Crippen LogP contribution in [0.5, 0.6) is 5.75 Å². The van der Waals surface area contributed by atoms with Crippen LogP contribution in [0.25, 0.3) is 23.1 Å². The molecule has 1 aromatic heterocycles. The highest BCUT2D eigenvalue weighted by atomic mass is 16.5. The molecule has 3 rings (SSSR count). The average Bonchev–Trinajstić information content (AvgIpc) is 2.89. The number of hydrogen-bond donors (Lipinski definition) is 1. The van der Waals surface area contributed by atoms with Crippen molar-refractivity contribution in [3.05, 3.63) is 59.8 Å². The average molecular weight is 250 g/mol. The van der Waals surface area contributed by atoms with Crippen molar-refractivity contribution in [2.45, 2.75) is 0 Å². The Balaban J connectivity index is 1.98. The van der Waals surface area contributed by atoms with E-state index < -0.39 is 0 Å². The van der Waals surface area contributed by atoms with E-state index in [4.69, 9.17) is 4.74 Å². The second kappa shape index (κ2) is 4.98. The van der Waals surface area contributed by atoms with E-state index in [9.17, 15) is 0 Å². The number of rotatable bonds is 3. The van der Waals surface area contributed by atoms with Gasteiger partial charge in [-0.25, -0.2) is 0 Å². The highest BCUT2D eigenvalue weighted by molar-refractivity contribution is 5.89. The van der Waals surface area contributed by atoms with Crippen LogP contribution in [-0.4, -0.2) is 17.3 Å². The maximum Gasteiger partial charge on any atom is 0.126 e. The third-order valence-electron chi connectivity index (χ3n) is 3.06. The van der Waals surface area contributed by atoms with Gasteiger partial charge in [-0.3, -0.25) is 5.10 Å². The minimum absolute atomic E-state index is 0.860. The Kier molecular flexibility index (Phi) is 3.02. The minimum atomic E-state index is 0.860. The second-order valence-corrected chi connectivity index (χ2v) is 4.23. The molecule has 0 bridgehead atoms. The number of nitrogens with one attached hydrogen (secondary N) is 1. The third kappa shape index (κ3) is 2.22. The largest absolute Gasteiger partial charge is 0.496 e. The summed E-state index contributed by atoms with van der Waals surface area (Å²) in [7, 11) is 1.68. The van der Waals surface area contributed by atoms with E-state index >= 15 is 0 Å². The molecular weight excluding hydrogens is 236 g/mol. The molecule has 0 saturated heterocycles. The quantitative estimate of drug-likeness (QED) is 0.769. The first-order valence-electron chi connectivity index (χ1n) is 6.12. The zero-order valence-electron chi connectivity index (χ0n) is 10.6. The summed E-state index contributed by atoms with van der Waals surface area (Å²) in [6.45, 7) is 0. The second-order valence-electron chi connectivity index (χ2n) is 4.23. The molecule has 0 amide bonds. The van der Waals surface area contributed by atoms with Gasteiger partial charge in [-0.2, -0.15) is 5.10 Å². The summed E-state index contributed by atoms with van der Waals surface area (Å²) in [4.78, 5) is 0. The molecule has 1 N–H and O–H groups in total. The van der Waals surface area contributed by atoms with Gasteiger partial charge in [-0.05, 0) is 24.3 Å². The zero-order chi connectivity index (χ0) is 13.1. The Hall–Kier alpha value is -2.55. The molecule has 3 aromatic rings. The lowest BCUT2D eigenvalue weighted by Gasteiger charge is -2.02. The van der Waals surface area contributed by atoms with Gasteiger partial charge < -0.3 is 4.74 Å². The topological polar surface area (TPSA) is 37.9 Å². The van der Waals surface area contributed by atoms with E-state index in [2.05, 4.69) is 16.3 Å². The predicted octanol–water partition coefficient (Wildman–Crippen LogP) is 3.74. The number of nitrogens with zero attached hydrogens (tertiary/aromatic N) is 1. The third-order valence-corrected chi connectivity index (χ3v) is 3.06. The number of aromatic nitrogens is 2. The molecule has 0 atom stereocenters. The van der Waals surface area contributed by atoms with Crippen molar-refractivity contribution in [2.24, 2.45) is 0 Å². The van der Waals surface area contributed by atoms with Crippen LogP contribution < -0.4 is 4.74 Å². The number of H-pyrrole nitrogens is 1. The summed E-state index contributed by atoms with van der Waals surface area (Å²) >= 11 is 0. The molecule has 0 aliphatic rings. The van der Waals surface area contributed by atoms with Crippen molar-refractivity contribution in [1.29, 1.82) is 0 Å². The molecule has 3 nitrogen and oxygen atoms in total. The highest BCUT2D eigenvalue weighted by Gasteiger charge is 2.02. The molecule has 2 aromatic carbocycles. The van der Waals surface area contributed by atoms with Crippen molar-refractivity contribution in [1.82, 2.24) is 10.2 Å². The monoisotopic (exact) mass is 250 g/mol. The van der Waals surface area contributed by atoms with Crippen LogP contribution in [0.1, 0.15) is 11.3 Å². The van der Waals surface area contributed by atoms with Crippen molar-refractivity contribution < 1.29 is 4.74 Å². The first kappa shape index (κ1) is 11.5. The van der Waals surface area contributed by atoms with E-state index in [1.165, 1.54) is 0 Å². The molecule has 0 radical (unpaired) electrons. The number of methoxy groups -OCH3 is 1. The Labute approximate surface area is 111 Å². The number of fused-ring (bicyclic) bond motifs is 1. The molecule has 0 unspecified atom stereocenters. The lowest BCUT2D eigenvalue weighted by atomic mass is 10.1. The molecule has 19 heavy (non-hydrogen) atoms. The summed E-state index contributed by atoms with van der Waals surface area (Å²) in [6, 6.07) is 16.0. The molecule has 3 heteroatoms. The van der Waals surface area contributed by atoms with Gasteiger partial charge in [0.05, 0.1) is 18.3 Å². The van der Waals surface area contributed by atoms with Gasteiger partial charge in [0.25, 0.3) is 0 Å². The van der Waals surface area contributed by atoms with Crippen LogP contribution in [0.15, 0.2) is 48.5 Å². The van der Waals surface area contributed by atoms with Gasteiger partial charge in [-0.15, -0.1) is 0 Å². The standard InChI is InChI=1S/C16H14N2O/c1-19-16-9-5-2-6-12(16)10-11-15-13-7-3-4-8-14(13)17-18-15/h2-11H,1H3,(H,17,18)/b11-10+. The highest BCUT2D eigenvalue weighted by Crippen LogP contribution is 2.22. The van der Waals surface area contributed by atoms with Crippen molar-refractivity contribution in [3.8, 4) is 5.75 Å².